The molecule has 86 valence electrons. The average Bonchev–Trinajstić information content (AvgIpc) is 2.58. The van der Waals surface area contributed by atoms with Crippen molar-refractivity contribution >= 4 is 40.2 Å². The molecular weight excluding hydrogens is 249 g/mol. The van der Waals surface area contributed by atoms with E-state index in [-0.39, 0.29) is 10.6 Å². The number of H-pyrrole nitrogens is 1. The van der Waals surface area contributed by atoms with Crippen molar-refractivity contribution in [3.8, 4) is 0 Å². The van der Waals surface area contributed by atoms with Gasteiger partial charge in [0.15, 0.2) is 11.5 Å². The summed E-state index contributed by atoms with van der Waals surface area (Å²) in [6.45, 7) is 2.95. The number of fused-ring (bicyclic) bond motifs is 1. The van der Waals surface area contributed by atoms with Gasteiger partial charge in [-0.1, -0.05) is 13.3 Å². The highest BCUT2D eigenvalue weighted by atomic mass is 35.5. The molecule has 5 nitrogen and oxygen atoms in total. The Morgan fingerprint density at radius 3 is 2.81 bits per heavy atom. The van der Waals surface area contributed by atoms with Gasteiger partial charge in [-0.15, -0.1) is 0 Å². The van der Waals surface area contributed by atoms with E-state index in [1.807, 2.05) is 0 Å². The van der Waals surface area contributed by atoms with E-state index in [1.165, 1.54) is 0 Å². The van der Waals surface area contributed by atoms with Crippen LogP contribution in [-0.2, 0) is 0 Å². The lowest BCUT2D eigenvalue weighted by Gasteiger charge is -2.04. The summed E-state index contributed by atoms with van der Waals surface area (Å²) in [5, 5.41) is 3.62. The maximum atomic E-state index is 5.79. The maximum absolute atomic E-state index is 5.79. The normalized spacial score (nSPS) is 10.9. The molecule has 0 aliphatic carbocycles. The first-order chi connectivity index (χ1) is 7.70. The molecule has 0 aliphatic heterocycles. The van der Waals surface area contributed by atoms with Crippen molar-refractivity contribution in [1.29, 1.82) is 0 Å². The highest BCUT2D eigenvalue weighted by molar-refractivity contribution is 6.30. The van der Waals surface area contributed by atoms with Crippen LogP contribution in [-0.4, -0.2) is 26.5 Å². The Bertz CT molecular complexity index is 496. The van der Waals surface area contributed by atoms with Crippen LogP contribution in [0.5, 0.6) is 0 Å². The summed E-state index contributed by atoms with van der Waals surface area (Å²) in [6, 6.07) is 0. The number of hydrogen-bond donors (Lipinski definition) is 2. The number of imidazole rings is 1. The first kappa shape index (κ1) is 11.4. The predicted octanol–water partition coefficient (Wildman–Crippen LogP) is 2.87. The van der Waals surface area contributed by atoms with Crippen molar-refractivity contribution < 1.29 is 0 Å². The van der Waals surface area contributed by atoms with Gasteiger partial charge in [-0.05, 0) is 29.6 Å². The Hall–Kier alpha value is -1.07. The van der Waals surface area contributed by atoms with E-state index in [1.54, 1.807) is 0 Å². The van der Waals surface area contributed by atoms with E-state index in [4.69, 9.17) is 23.2 Å². The standard InChI is InChI=1S/C9H11Cl2N5/c1-2-3-4-12-6-5-7(15-8(10)13-5)16-9(11)14-6/h2-4H2,1H3,(H2,12,13,14,15,16). The number of unbranched alkanes of at least 4 members (excludes halogenated alkanes) is 1. The molecule has 0 amide bonds. The fourth-order valence-corrected chi connectivity index (χ4v) is 1.69. The number of rotatable bonds is 4. The molecule has 2 heterocycles. The van der Waals surface area contributed by atoms with Gasteiger partial charge in [-0.3, -0.25) is 0 Å². The summed E-state index contributed by atoms with van der Waals surface area (Å²) in [4.78, 5) is 15.0. The van der Waals surface area contributed by atoms with Gasteiger partial charge in [-0.2, -0.15) is 15.0 Å². The van der Waals surface area contributed by atoms with E-state index in [0.29, 0.717) is 17.0 Å². The molecule has 0 atom stereocenters. The van der Waals surface area contributed by atoms with Crippen molar-refractivity contribution in [3.63, 3.8) is 0 Å². The van der Waals surface area contributed by atoms with Gasteiger partial charge in [0.25, 0.3) is 0 Å². The number of halogens is 2. The Labute approximate surface area is 103 Å². The summed E-state index contributed by atoms with van der Waals surface area (Å²) in [5.74, 6) is 0.642. The van der Waals surface area contributed by atoms with E-state index in [0.717, 1.165) is 19.4 Å². The van der Waals surface area contributed by atoms with Gasteiger partial charge in [0.2, 0.25) is 10.6 Å². The van der Waals surface area contributed by atoms with Crippen LogP contribution < -0.4 is 5.32 Å². The molecule has 2 rings (SSSR count). The quantitative estimate of drug-likeness (QED) is 0.504. The van der Waals surface area contributed by atoms with Crippen LogP contribution in [0.4, 0.5) is 5.82 Å². The van der Waals surface area contributed by atoms with Crippen LogP contribution >= 0.6 is 23.2 Å². The van der Waals surface area contributed by atoms with Crippen molar-refractivity contribution in [3.05, 3.63) is 10.6 Å². The van der Waals surface area contributed by atoms with Crippen LogP contribution in [0, 0.1) is 0 Å². The molecule has 2 aromatic heterocycles. The Morgan fingerprint density at radius 2 is 2.06 bits per heavy atom. The summed E-state index contributed by atoms with van der Waals surface area (Å²) in [5.41, 5.74) is 1.16. The van der Waals surface area contributed by atoms with Crippen LogP contribution in [0.3, 0.4) is 0 Å². The molecule has 0 aliphatic rings. The van der Waals surface area contributed by atoms with Crippen LogP contribution in [0.15, 0.2) is 0 Å². The van der Waals surface area contributed by atoms with Crippen molar-refractivity contribution in [2.75, 3.05) is 11.9 Å². The monoisotopic (exact) mass is 259 g/mol. The zero-order valence-corrected chi connectivity index (χ0v) is 10.2. The Morgan fingerprint density at radius 1 is 1.25 bits per heavy atom. The fraction of sp³-hybridized carbons (Fsp3) is 0.444. The average molecular weight is 260 g/mol. The second-order valence-corrected chi connectivity index (χ2v) is 4.04. The molecule has 0 aromatic carbocycles. The van der Waals surface area contributed by atoms with Crippen molar-refractivity contribution in [1.82, 2.24) is 19.9 Å². The molecule has 2 aromatic rings. The number of hydrogen-bond acceptors (Lipinski definition) is 4. The van der Waals surface area contributed by atoms with Crippen molar-refractivity contribution in [2.24, 2.45) is 0 Å². The largest absolute Gasteiger partial charge is 0.368 e. The third-order valence-electron chi connectivity index (χ3n) is 2.12. The zero-order chi connectivity index (χ0) is 11.5. The molecular formula is C9H11Cl2N5. The van der Waals surface area contributed by atoms with Gasteiger partial charge < -0.3 is 10.3 Å². The third kappa shape index (κ3) is 2.36. The summed E-state index contributed by atoms with van der Waals surface area (Å²) in [7, 11) is 0. The lowest BCUT2D eigenvalue weighted by Crippen LogP contribution is -2.04. The molecule has 2 N–H and O–H groups in total. The molecule has 0 saturated carbocycles. The van der Waals surface area contributed by atoms with Gasteiger partial charge in [0.05, 0.1) is 0 Å². The molecule has 0 saturated heterocycles. The van der Waals surface area contributed by atoms with Gasteiger partial charge in [0.1, 0.15) is 5.52 Å². The van der Waals surface area contributed by atoms with Crippen molar-refractivity contribution in [2.45, 2.75) is 19.8 Å². The highest BCUT2D eigenvalue weighted by Gasteiger charge is 2.10. The fourth-order valence-electron chi connectivity index (χ4n) is 1.35. The Balaban J connectivity index is 2.34. The van der Waals surface area contributed by atoms with E-state index >= 15 is 0 Å². The van der Waals surface area contributed by atoms with E-state index in [2.05, 4.69) is 32.2 Å². The highest BCUT2D eigenvalue weighted by Crippen LogP contribution is 2.21. The predicted molar refractivity (Wildman–Crippen MR) is 65.1 cm³/mol. The molecule has 0 bridgehead atoms. The molecule has 0 radical (unpaired) electrons. The van der Waals surface area contributed by atoms with Crippen LogP contribution in [0.2, 0.25) is 10.6 Å². The molecule has 16 heavy (non-hydrogen) atoms. The SMILES string of the molecule is CCCCNc1nc(Cl)nc2nc(Cl)[nH]c12. The number of anilines is 1. The number of nitrogens with zero attached hydrogens (tertiary/aromatic N) is 3. The van der Waals surface area contributed by atoms with Gasteiger partial charge in [-0.25, -0.2) is 0 Å². The van der Waals surface area contributed by atoms with E-state index in [9.17, 15) is 0 Å². The molecule has 0 unspecified atom stereocenters. The summed E-state index contributed by atoms with van der Waals surface area (Å²) in [6.07, 6.45) is 2.17. The topological polar surface area (TPSA) is 66.5 Å². The Kier molecular flexibility index (Phi) is 3.46. The summed E-state index contributed by atoms with van der Waals surface area (Å²) < 4.78 is 0. The molecule has 0 spiro atoms. The minimum Gasteiger partial charge on any atom is -0.368 e. The smallest absolute Gasteiger partial charge is 0.226 e. The second-order valence-electron chi connectivity index (χ2n) is 3.35. The number of aromatic amines is 1. The zero-order valence-electron chi connectivity index (χ0n) is 8.72. The number of aromatic nitrogens is 4. The minimum absolute atomic E-state index is 0.162. The summed E-state index contributed by atoms with van der Waals surface area (Å²) >= 11 is 11.6. The van der Waals surface area contributed by atoms with E-state index < -0.39 is 0 Å². The molecule has 7 heteroatoms. The second kappa shape index (κ2) is 4.84. The lowest BCUT2D eigenvalue weighted by atomic mass is 10.3. The number of nitrogens with one attached hydrogen (secondary N) is 2. The van der Waals surface area contributed by atoms with Crippen LogP contribution in [0.1, 0.15) is 19.8 Å². The lowest BCUT2D eigenvalue weighted by molar-refractivity contribution is 0.831. The first-order valence-corrected chi connectivity index (χ1v) is 5.79. The minimum atomic E-state index is 0.162. The molecule has 0 fully saturated rings. The van der Waals surface area contributed by atoms with Gasteiger partial charge in [0, 0.05) is 6.54 Å². The van der Waals surface area contributed by atoms with Crippen LogP contribution in [0.25, 0.3) is 11.2 Å². The first-order valence-electron chi connectivity index (χ1n) is 5.03. The maximum Gasteiger partial charge on any atom is 0.226 e. The third-order valence-corrected chi connectivity index (χ3v) is 2.47. The van der Waals surface area contributed by atoms with Gasteiger partial charge >= 0.3 is 0 Å².